The van der Waals surface area contributed by atoms with Gasteiger partial charge in [-0.2, -0.15) is 0 Å². The molecule has 1 rings (SSSR count). The van der Waals surface area contributed by atoms with E-state index in [9.17, 15) is 4.79 Å². The first-order chi connectivity index (χ1) is 7.18. The lowest BCUT2D eigenvalue weighted by Gasteiger charge is -2.03. The Morgan fingerprint density at radius 2 is 2.00 bits per heavy atom. The van der Waals surface area contributed by atoms with Crippen molar-refractivity contribution in [2.45, 2.75) is 0 Å². The summed E-state index contributed by atoms with van der Waals surface area (Å²) in [6, 6.07) is 9.33. The zero-order valence-corrected chi connectivity index (χ0v) is 9.74. The molecule has 5 heteroatoms. The number of nitrogens with two attached hydrogens (primary N) is 1. The summed E-state index contributed by atoms with van der Waals surface area (Å²) in [4.78, 5) is 11.8. The van der Waals surface area contributed by atoms with Gasteiger partial charge in [0.25, 0.3) is 0 Å². The van der Waals surface area contributed by atoms with E-state index in [0.29, 0.717) is 16.5 Å². The Hall–Kier alpha value is -1.07. The van der Waals surface area contributed by atoms with Gasteiger partial charge in [-0.15, -0.1) is 11.8 Å². The van der Waals surface area contributed by atoms with Crippen LogP contribution < -0.4 is 11.1 Å². The van der Waals surface area contributed by atoms with Crippen LogP contribution in [0.25, 0.3) is 0 Å². The van der Waals surface area contributed by atoms with E-state index in [2.05, 4.69) is 5.32 Å². The third kappa shape index (κ3) is 5.39. The van der Waals surface area contributed by atoms with Gasteiger partial charge in [0, 0.05) is 11.4 Å². The predicted molar refractivity (Wildman–Crippen MR) is 69.2 cm³/mol. The summed E-state index contributed by atoms with van der Waals surface area (Å²) in [6.07, 6.45) is 0. The molecule has 1 aromatic rings. The van der Waals surface area contributed by atoms with Crippen LogP contribution in [0.5, 0.6) is 0 Å². The molecule has 1 aromatic carbocycles. The van der Waals surface area contributed by atoms with E-state index < -0.39 is 0 Å². The summed E-state index contributed by atoms with van der Waals surface area (Å²) in [5, 5.41) is 2.77. The highest BCUT2D eigenvalue weighted by molar-refractivity contribution is 8.01. The topological polar surface area (TPSA) is 55.1 Å². The number of benzene rings is 1. The van der Waals surface area contributed by atoms with Crippen LogP contribution in [0.15, 0.2) is 30.3 Å². The molecule has 0 saturated carbocycles. The standard InChI is InChI=1S/C10H12N2OS2/c11-9(14)6-15-7-10(13)12-8-4-2-1-3-5-8/h1-5H,6-7H2,(H2,11,14)(H,12,13). The van der Waals surface area contributed by atoms with Gasteiger partial charge >= 0.3 is 0 Å². The largest absolute Gasteiger partial charge is 0.393 e. The molecular weight excluding hydrogens is 228 g/mol. The number of anilines is 1. The first kappa shape index (κ1) is 12.0. The van der Waals surface area contributed by atoms with Gasteiger partial charge in [0.2, 0.25) is 5.91 Å². The van der Waals surface area contributed by atoms with Crippen molar-refractivity contribution in [1.29, 1.82) is 0 Å². The van der Waals surface area contributed by atoms with Crippen LogP contribution in [0.2, 0.25) is 0 Å². The molecule has 0 aliphatic rings. The van der Waals surface area contributed by atoms with E-state index >= 15 is 0 Å². The Bertz CT molecular complexity index is 341. The molecule has 0 aliphatic carbocycles. The van der Waals surface area contributed by atoms with Gasteiger partial charge in [-0.3, -0.25) is 4.79 Å². The van der Waals surface area contributed by atoms with E-state index in [1.165, 1.54) is 11.8 Å². The maximum absolute atomic E-state index is 11.4. The molecule has 15 heavy (non-hydrogen) atoms. The van der Waals surface area contributed by atoms with E-state index in [-0.39, 0.29) is 5.91 Å². The number of para-hydroxylation sites is 1. The van der Waals surface area contributed by atoms with Gasteiger partial charge in [-0.1, -0.05) is 30.4 Å². The third-order valence-electron chi connectivity index (χ3n) is 1.54. The number of nitrogens with one attached hydrogen (secondary N) is 1. The summed E-state index contributed by atoms with van der Waals surface area (Å²) in [6.45, 7) is 0. The molecule has 1 amide bonds. The zero-order chi connectivity index (χ0) is 11.1. The van der Waals surface area contributed by atoms with Crippen molar-refractivity contribution in [2.24, 2.45) is 5.73 Å². The number of thiocarbonyl (C=S) groups is 1. The number of hydrogen-bond acceptors (Lipinski definition) is 3. The molecule has 3 nitrogen and oxygen atoms in total. The Labute approximate surface area is 98.4 Å². The molecule has 0 aliphatic heterocycles. The van der Waals surface area contributed by atoms with Crippen molar-refractivity contribution in [2.75, 3.05) is 16.8 Å². The molecule has 0 bridgehead atoms. The predicted octanol–water partition coefficient (Wildman–Crippen LogP) is 1.64. The van der Waals surface area contributed by atoms with E-state index in [4.69, 9.17) is 18.0 Å². The van der Waals surface area contributed by atoms with E-state index in [1.807, 2.05) is 30.3 Å². The number of carbonyl (C=O) groups excluding carboxylic acids is 1. The monoisotopic (exact) mass is 240 g/mol. The van der Waals surface area contributed by atoms with Gasteiger partial charge < -0.3 is 11.1 Å². The van der Waals surface area contributed by atoms with Crippen LogP contribution in [0.3, 0.4) is 0 Å². The maximum atomic E-state index is 11.4. The lowest BCUT2D eigenvalue weighted by atomic mass is 10.3. The molecule has 0 saturated heterocycles. The second kappa shape index (κ2) is 6.42. The molecule has 0 fully saturated rings. The van der Waals surface area contributed by atoms with Crippen LogP contribution in [0.4, 0.5) is 5.69 Å². The second-order valence-electron chi connectivity index (χ2n) is 2.87. The number of hydrogen-bond donors (Lipinski definition) is 2. The first-order valence-corrected chi connectivity index (χ1v) is 5.96. The fourth-order valence-electron chi connectivity index (χ4n) is 0.963. The Morgan fingerprint density at radius 1 is 1.33 bits per heavy atom. The van der Waals surface area contributed by atoms with Gasteiger partial charge in [-0.25, -0.2) is 0 Å². The van der Waals surface area contributed by atoms with Gasteiger partial charge in [0.05, 0.1) is 10.7 Å². The molecule has 0 spiro atoms. The van der Waals surface area contributed by atoms with E-state index in [0.717, 1.165) is 5.69 Å². The minimum atomic E-state index is -0.0394. The lowest BCUT2D eigenvalue weighted by molar-refractivity contribution is -0.113. The summed E-state index contributed by atoms with van der Waals surface area (Å²) in [7, 11) is 0. The smallest absolute Gasteiger partial charge is 0.234 e. The summed E-state index contributed by atoms with van der Waals surface area (Å²) in [5.41, 5.74) is 6.11. The fraction of sp³-hybridized carbons (Fsp3) is 0.200. The molecule has 0 heterocycles. The first-order valence-electron chi connectivity index (χ1n) is 4.39. The Kier molecular flexibility index (Phi) is 5.14. The molecule has 3 N–H and O–H groups in total. The third-order valence-corrected chi connectivity index (χ3v) is 2.84. The van der Waals surface area contributed by atoms with Crippen LogP contribution in [0.1, 0.15) is 0 Å². The van der Waals surface area contributed by atoms with Crippen LogP contribution >= 0.6 is 24.0 Å². The number of rotatable bonds is 5. The number of carbonyl (C=O) groups is 1. The van der Waals surface area contributed by atoms with Crippen LogP contribution in [-0.2, 0) is 4.79 Å². The average molecular weight is 240 g/mol. The number of thioether (sulfide) groups is 1. The highest BCUT2D eigenvalue weighted by Gasteiger charge is 2.01. The molecule has 0 unspecified atom stereocenters. The van der Waals surface area contributed by atoms with Crippen LogP contribution in [-0.4, -0.2) is 22.4 Å². The quantitative estimate of drug-likeness (QED) is 0.768. The lowest BCUT2D eigenvalue weighted by Crippen LogP contribution is -2.17. The minimum Gasteiger partial charge on any atom is -0.393 e. The van der Waals surface area contributed by atoms with Crippen molar-refractivity contribution < 1.29 is 4.79 Å². The molecule has 0 radical (unpaired) electrons. The van der Waals surface area contributed by atoms with Crippen molar-refractivity contribution in [3.63, 3.8) is 0 Å². The van der Waals surface area contributed by atoms with Gasteiger partial charge in [-0.05, 0) is 12.1 Å². The summed E-state index contributed by atoms with van der Waals surface area (Å²) in [5.74, 6) is 0.867. The highest BCUT2D eigenvalue weighted by Crippen LogP contribution is 2.06. The molecular formula is C10H12N2OS2. The Balaban J connectivity index is 2.28. The molecule has 0 aromatic heterocycles. The normalized spacial score (nSPS) is 9.60. The number of amides is 1. The fourth-order valence-corrected chi connectivity index (χ4v) is 1.77. The van der Waals surface area contributed by atoms with Gasteiger partial charge in [0.1, 0.15) is 0 Å². The average Bonchev–Trinajstić information content (AvgIpc) is 2.18. The summed E-state index contributed by atoms with van der Waals surface area (Å²) < 4.78 is 0. The maximum Gasteiger partial charge on any atom is 0.234 e. The van der Waals surface area contributed by atoms with Crippen molar-refractivity contribution in [3.05, 3.63) is 30.3 Å². The Morgan fingerprint density at radius 3 is 2.60 bits per heavy atom. The van der Waals surface area contributed by atoms with Crippen molar-refractivity contribution in [3.8, 4) is 0 Å². The zero-order valence-electron chi connectivity index (χ0n) is 8.10. The van der Waals surface area contributed by atoms with E-state index in [1.54, 1.807) is 0 Å². The molecule has 80 valence electrons. The van der Waals surface area contributed by atoms with Gasteiger partial charge in [0.15, 0.2) is 0 Å². The molecule has 0 atom stereocenters. The SMILES string of the molecule is NC(=S)CSCC(=O)Nc1ccccc1. The van der Waals surface area contributed by atoms with Crippen LogP contribution in [0, 0.1) is 0 Å². The summed E-state index contributed by atoms with van der Waals surface area (Å²) >= 11 is 6.11. The second-order valence-corrected chi connectivity index (χ2v) is 4.38. The highest BCUT2D eigenvalue weighted by atomic mass is 32.2. The van der Waals surface area contributed by atoms with Crippen molar-refractivity contribution in [1.82, 2.24) is 0 Å². The minimum absolute atomic E-state index is 0.0394. The van der Waals surface area contributed by atoms with Crippen molar-refractivity contribution >= 4 is 40.6 Å².